The van der Waals surface area contributed by atoms with Gasteiger partial charge < -0.3 is 9.88 Å². The van der Waals surface area contributed by atoms with Crippen molar-refractivity contribution in [1.29, 1.82) is 0 Å². The van der Waals surface area contributed by atoms with Crippen LogP contribution in [-0.2, 0) is 0 Å². The minimum absolute atomic E-state index is 0.113. The fraction of sp³-hybridized carbons (Fsp3) is 0.412. The van der Waals surface area contributed by atoms with Crippen molar-refractivity contribution in [3.63, 3.8) is 0 Å². The van der Waals surface area contributed by atoms with Crippen molar-refractivity contribution in [1.82, 2.24) is 14.9 Å². The van der Waals surface area contributed by atoms with Crippen molar-refractivity contribution in [2.24, 2.45) is 5.92 Å². The van der Waals surface area contributed by atoms with E-state index in [0.29, 0.717) is 17.2 Å². The van der Waals surface area contributed by atoms with Crippen LogP contribution in [0.4, 0.5) is 5.69 Å². The molecule has 0 saturated heterocycles. The van der Waals surface area contributed by atoms with Crippen molar-refractivity contribution >= 4 is 11.6 Å². The van der Waals surface area contributed by atoms with E-state index in [1.165, 1.54) is 12.4 Å². The molecule has 0 spiro atoms. The molecule has 3 rings (SSSR count). The van der Waals surface area contributed by atoms with Crippen LogP contribution < -0.4 is 5.32 Å². The van der Waals surface area contributed by atoms with E-state index in [4.69, 9.17) is 0 Å². The first kappa shape index (κ1) is 16.2. The summed E-state index contributed by atoms with van der Waals surface area (Å²) in [5.41, 5.74) is 0.586. The SMILES string of the molecule is CC1CCC(NC(=O)c2ccc(-n3ccnc3)c([N+](=O)[O-])c2)CC1. The molecule has 2 aromatic rings. The van der Waals surface area contributed by atoms with Crippen LogP contribution in [0.5, 0.6) is 0 Å². The number of carbonyl (C=O) groups is 1. The Balaban J connectivity index is 1.80. The lowest BCUT2D eigenvalue weighted by Gasteiger charge is -2.26. The lowest BCUT2D eigenvalue weighted by molar-refractivity contribution is -0.384. The predicted molar refractivity (Wildman–Crippen MR) is 89.1 cm³/mol. The molecule has 0 atom stereocenters. The summed E-state index contributed by atoms with van der Waals surface area (Å²) in [6.07, 6.45) is 8.80. The van der Waals surface area contributed by atoms with Gasteiger partial charge in [-0.15, -0.1) is 0 Å². The summed E-state index contributed by atoms with van der Waals surface area (Å²) in [5, 5.41) is 14.4. The number of nitrogens with zero attached hydrogens (tertiary/aromatic N) is 3. The van der Waals surface area contributed by atoms with Crippen LogP contribution in [0.25, 0.3) is 5.69 Å². The molecule has 7 heteroatoms. The first-order valence-electron chi connectivity index (χ1n) is 8.12. The summed E-state index contributed by atoms with van der Waals surface area (Å²) in [4.78, 5) is 27.2. The van der Waals surface area contributed by atoms with Crippen molar-refractivity contribution in [2.75, 3.05) is 0 Å². The van der Waals surface area contributed by atoms with E-state index in [1.807, 2.05) is 0 Å². The third-order valence-corrected chi connectivity index (χ3v) is 4.57. The molecule has 1 amide bonds. The number of carbonyl (C=O) groups excluding carboxylic acids is 1. The van der Waals surface area contributed by atoms with Gasteiger partial charge in [0.15, 0.2) is 0 Å². The Morgan fingerprint density at radius 2 is 2.08 bits per heavy atom. The summed E-state index contributed by atoms with van der Waals surface area (Å²) in [5.74, 6) is 0.448. The first-order valence-corrected chi connectivity index (χ1v) is 8.12. The third-order valence-electron chi connectivity index (χ3n) is 4.57. The molecular formula is C17H20N4O3. The maximum Gasteiger partial charge on any atom is 0.294 e. The lowest BCUT2D eigenvalue weighted by Crippen LogP contribution is -2.37. The van der Waals surface area contributed by atoms with Gasteiger partial charge in [-0.1, -0.05) is 6.92 Å². The summed E-state index contributed by atoms with van der Waals surface area (Å²) in [7, 11) is 0. The van der Waals surface area contributed by atoms with Crippen LogP contribution in [-0.4, -0.2) is 26.4 Å². The van der Waals surface area contributed by atoms with Gasteiger partial charge in [0.25, 0.3) is 11.6 Å². The molecule has 0 unspecified atom stereocenters. The van der Waals surface area contributed by atoms with Gasteiger partial charge in [0.2, 0.25) is 0 Å². The molecule has 1 aromatic carbocycles. The predicted octanol–water partition coefficient (Wildman–Crippen LogP) is 3.09. The van der Waals surface area contributed by atoms with Crippen molar-refractivity contribution in [3.8, 4) is 5.69 Å². The largest absolute Gasteiger partial charge is 0.349 e. The number of nitro benzene ring substituents is 1. The second kappa shape index (κ2) is 6.82. The maximum atomic E-state index is 12.4. The van der Waals surface area contributed by atoms with Crippen LogP contribution >= 0.6 is 0 Å². The monoisotopic (exact) mass is 328 g/mol. The smallest absolute Gasteiger partial charge is 0.294 e. The second-order valence-corrected chi connectivity index (χ2v) is 6.36. The van der Waals surface area contributed by atoms with Crippen LogP contribution in [0.15, 0.2) is 36.9 Å². The number of hydrogen-bond acceptors (Lipinski definition) is 4. The molecule has 24 heavy (non-hydrogen) atoms. The van der Waals surface area contributed by atoms with E-state index in [-0.39, 0.29) is 17.6 Å². The quantitative estimate of drug-likeness (QED) is 0.690. The molecular weight excluding hydrogens is 308 g/mol. The lowest BCUT2D eigenvalue weighted by atomic mass is 9.87. The number of amides is 1. The molecule has 1 fully saturated rings. The fourth-order valence-corrected chi connectivity index (χ4v) is 3.10. The van der Waals surface area contributed by atoms with Gasteiger partial charge in [-0.25, -0.2) is 4.98 Å². The average Bonchev–Trinajstić information content (AvgIpc) is 3.10. The van der Waals surface area contributed by atoms with Gasteiger partial charge in [0.1, 0.15) is 5.69 Å². The van der Waals surface area contributed by atoms with Gasteiger partial charge in [0.05, 0.1) is 11.3 Å². The van der Waals surface area contributed by atoms with Crippen LogP contribution in [0.2, 0.25) is 0 Å². The van der Waals surface area contributed by atoms with Crippen molar-refractivity contribution < 1.29 is 9.72 Å². The Kier molecular flexibility index (Phi) is 4.59. The standard InChI is InChI=1S/C17H20N4O3/c1-12-2-5-14(6-3-12)19-17(22)13-4-7-15(16(10-13)21(23)24)20-9-8-18-11-20/h4,7-12,14H,2-3,5-6H2,1H3,(H,19,22). The Morgan fingerprint density at radius 1 is 1.33 bits per heavy atom. The van der Waals surface area contributed by atoms with Crippen molar-refractivity contribution in [2.45, 2.75) is 38.6 Å². The zero-order valence-corrected chi connectivity index (χ0v) is 13.5. The zero-order valence-electron chi connectivity index (χ0n) is 13.5. The highest BCUT2D eigenvalue weighted by Gasteiger charge is 2.22. The average molecular weight is 328 g/mol. The number of nitrogens with one attached hydrogen (secondary N) is 1. The van der Waals surface area contributed by atoms with Gasteiger partial charge in [-0.05, 0) is 43.7 Å². The molecule has 1 aliphatic rings. The van der Waals surface area contributed by atoms with E-state index in [2.05, 4.69) is 17.2 Å². The molecule has 0 bridgehead atoms. The van der Waals surface area contributed by atoms with Gasteiger partial charge in [-0.3, -0.25) is 14.9 Å². The van der Waals surface area contributed by atoms with Gasteiger partial charge in [0, 0.05) is 30.1 Å². The Hall–Kier alpha value is -2.70. The van der Waals surface area contributed by atoms with Gasteiger partial charge in [-0.2, -0.15) is 0 Å². The van der Waals surface area contributed by atoms with Crippen LogP contribution in [0, 0.1) is 16.0 Å². The molecule has 1 aliphatic carbocycles. The molecule has 0 radical (unpaired) electrons. The highest BCUT2D eigenvalue weighted by Crippen LogP contribution is 2.26. The van der Waals surface area contributed by atoms with E-state index >= 15 is 0 Å². The molecule has 1 aromatic heterocycles. The second-order valence-electron chi connectivity index (χ2n) is 6.36. The Morgan fingerprint density at radius 3 is 2.71 bits per heavy atom. The molecule has 1 N–H and O–H groups in total. The minimum atomic E-state index is -0.478. The first-order chi connectivity index (χ1) is 11.5. The minimum Gasteiger partial charge on any atom is -0.349 e. The molecule has 7 nitrogen and oxygen atoms in total. The normalized spacial score (nSPS) is 20.5. The Labute approximate surface area is 139 Å². The van der Waals surface area contributed by atoms with E-state index < -0.39 is 4.92 Å². The van der Waals surface area contributed by atoms with E-state index in [0.717, 1.165) is 25.7 Å². The topological polar surface area (TPSA) is 90.1 Å². The highest BCUT2D eigenvalue weighted by molar-refractivity contribution is 5.95. The zero-order chi connectivity index (χ0) is 17.1. The summed E-state index contributed by atoms with van der Waals surface area (Å²) in [6.45, 7) is 2.22. The molecule has 0 aliphatic heterocycles. The maximum absolute atomic E-state index is 12.4. The van der Waals surface area contributed by atoms with Crippen molar-refractivity contribution in [3.05, 3.63) is 52.6 Å². The number of rotatable bonds is 4. The van der Waals surface area contributed by atoms with Crippen LogP contribution in [0.1, 0.15) is 43.0 Å². The number of nitro groups is 1. The molecule has 1 saturated carbocycles. The summed E-state index contributed by atoms with van der Waals surface area (Å²) in [6, 6.07) is 4.68. The Bertz CT molecular complexity index is 734. The summed E-state index contributed by atoms with van der Waals surface area (Å²) < 4.78 is 1.56. The summed E-state index contributed by atoms with van der Waals surface area (Å²) >= 11 is 0. The number of benzene rings is 1. The molecule has 1 heterocycles. The number of aromatic nitrogens is 2. The van der Waals surface area contributed by atoms with E-state index in [9.17, 15) is 14.9 Å². The number of hydrogen-bond donors (Lipinski definition) is 1. The van der Waals surface area contributed by atoms with Crippen LogP contribution in [0.3, 0.4) is 0 Å². The van der Waals surface area contributed by atoms with E-state index in [1.54, 1.807) is 29.1 Å². The van der Waals surface area contributed by atoms with Gasteiger partial charge >= 0.3 is 0 Å². The fourth-order valence-electron chi connectivity index (χ4n) is 3.10. The number of imidazole rings is 1. The third kappa shape index (κ3) is 3.45. The highest BCUT2D eigenvalue weighted by atomic mass is 16.6. The molecule has 126 valence electrons.